The van der Waals surface area contributed by atoms with Gasteiger partial charge in [0.2, 0.25) is 0 Å². The molecule has 0 aliphatic heterocycles. The van der Waals surface area contributed by atoms with Crippen LogP contribution in [0.4, 0.5) is 0 Å². The third kappa shape index (κ3) is 6.01. The first-order chi connectivity index (χ1) is 13.0. The quantitative estimate of drug-likeness (QED) is 0.278. The van der Waals surface area contributed by atoms with E-state index in [9.17, 15) is 13.0 Å². The molecule has 0 saturated carbocycles. The molecule has 0 heterocycles. The van der Waals surface area contributed by atoms with Crippen LogP contribution in [0.15, 0.2) is 89.8 Å². The molecule has 0 N–H and O–H groups in total. The molecule has 148 valence electrons. The van der Waals surface area contributed by atoms with E-state index in [2.05, 4.69) is 31.2 Å². The van der Waals surface area contributed by atoms with Crippen LogP contribution in [0.2, 0.25) is 0 Å². The van der Waals surface area contributed by atoms with Gasteiger partial charge in [0, 0.05) is 0 Å². The molecule has 0 aromatic heterocycles. The van der Waals surface area contributed by atoms with E-state index in [0.29, 0.717) is 0 Å². The molecule has 29 heavy (non-hydrogen) atoms. The van der Waals surface area contributed by atoms with Crippen molar-refractivity contribution in [1.29, 1.82) is 0 Å². The van der Waals surface area contributed by atoms with Gasteiger partial charge in [-0.2, -0.15) is 0 Å². The number of halogens is 1. The maximum Gasteiger partial charge on any atom is 1.00 e. The number of benzene rings is 3. The summed E-state index contributed by atoms with van der Waals surface area (Å²) in [6, 6.07) is 27.2. The Balaban J connectivity index is 0.00000210. The molecule has 3 nitrogen and oxygen atoms in total. The summed E-state index contributed by atoms with van der Waals surface area (Å²) in [4.78, 5) is -0.160. The summed E-state index contributed by atoms with van der Waals surface area (Å²) in [6.45, 7) is 2.16. The van der Waals surface area contributed by atoms with Crippen LogP contribution in [0.5, 0.6) is 0 Å². The van der Waals surface area contributed by atoms with Crippen LogP contribution < -0.4 is 45.5 Å². The molecule has 0 amide bonds. The Labute approximate surface area is 207 Å². The second-order valence-corrected chi connectivity index (χ2v) is 11.5. The molecule has 0 spiro atoms. The summed E-state index contributed by atoms with van der Waals surface area (Å²) < 4.78 is 35.0. The van der Waals surface area contributed by atoms with E-state index >= 15 is 0 Å². The molecule has 0 aliphatic carbocycles. The van der Waals surface area contributed by atoms with Gasteiger partial charge in [-0.1, -0.05) is 55.8 Å². The van der Waals surface area contributed by atoms with Crippen molar-refractivity contribution in [2.24, 2.45) is 0 Å². The monoisotopic (exact) mass is 501 g/mol. The van der Waals surface area contributed by atoms with Crippen LogP contribution in [0.1, 0.15) is 19.8 Å². The number of rotatable bonds is 7. The van der Waals surface area contributed by atoms with Crippen LogP contribution in [-0.4, -0.2) is 19.1 Å². The van der Waals surface area contributed by atoms with Crippen LogP contribution in [0.3, 0.4) is 0 Å². The van der Waals surface area contributed by atoms with E-state index in [1.807, 2.05) is 42.5 Å². The van der Waals surface area contributed by atoms with Crippen molar-refractivity contribution >= 4 is 50.3 Å². The van der Waals surface area contributed by atoms with Gasteiger partial charge in [-0.15, -0.1) is 17.0 Å². The van der Waals surface area contributed by atoms with E-state index in [-0.39, 0.29) is 51.4 Å². The van der Waals surface area contributed by atoms with Crippen molar-refractivity contribution in [2.75, 3.05) is 6.16 Å². The first-order valence-electron chi connectivity index (χ1n) is 9.04. The van der Waals surface area contributed by atoms with Crippen molar-refractivity contribution in [1.82, 2.24) is 0 Å². The number of hydrogen-bond donors (Lipinski definition) is 0. The molecule has 3 aromatic rings. The molecule has 0 aliphatic rings. The Kier molecular flexibility index (Phi) is 10.8. The summed E-state index contributed by atoms with van der Waals surface area (Å²) in [5.74, 6) is 0. The van der Waals surface area contributed by atoms with E-state index in [4.69, 9.17) is 0 Å². The third-order valence-electron chi connectivity index (χ3n) is 4.79. The largest absolute Gasteiger partial charge is 1.00 e. The van der Waals surface area contributed by atoms with Crippen molar-refractivity contribution in [3.8, 4) is 0 Å². The van der Waals surface area contributed by atoms with Gasteiger partial charge in [0.15, 0.2) is 0 Å². The second-order valence-electron chi connectivity index (χ2n) is 6.51. The maximum absolute atomic E-state index is 11.7. The van der Waals surface area contributed by atoms with Crippen LogP contribution in [0.25, 0.3) is 0 Å². The molecule has 0 atom stereocenters. The van der Waals surface area contributed by atoms with Crippen molar-refractivity contribution in [3.05, 3.63) is 84.9 Å². The normalized spacial score (nSPS) is 11.2. The predicted octanol–water partition coefficient (Wildman–Crippen LogP) is 1.27. The molecule has 0 bridgehead atoms. The Morgan fingerprint density at radius 3 is 1.72 bits per heavy atom. The van der Waals surface area contributed by atoms with Crippen molar-refractivity contribution < 1.29 is 42.5 Å². The number of unbranched alkanes of at least 4 members (excludes halogenated alkanes) is 1. The van der Waals surface area contributed by atoms with Gasteiger partial charge in [-0.3, -0.25) is 0 Å². The zero-order valence-electron chi connectivity index (χ0n) is 16.7. The van der Waals surface area contributed by atoms with E-state index in [0.717, 1.165) is 24.3 Å². The SMILES string of the molecule is Br.CCCC[P+](c1ccccc1)(c1ccccc1)c1cccc(S(=O)(=O)[O-])c1.[Na+]. The Bertz CT molecular complexity index is 959. The molecule has 0 radical (unpaired) electrons. The van der Waals surface area contributed by atoms with Gasteiger partial charge in [-0.05, 0) is 48.9 Å². The minimum atomic E-state index is -4.50. The smallest absolute Gasteiger partial charge is 0.744 e. The van der Waals surface area contributed by atoms with Crippen LogP contribution in [0, 0.1) is 0 Å². The fourth-order valence-corrected chi connectivity index (χ4v) is 8.60. The standard InChI is InChI=1S/C22H23O3PS.BrH.Na/c1-2-3-17-26(19-11-6-4-7-12-19,20-13-8-5-9-14-20)21-15-10-16-22(18-21)27(23,24)25;;/h4-16,18H,2-3,17H2,1H3;1H;/q;;+1. The van der Waals surface area contributed by atoms with Crippen molar-refractivity contribution in [3.63, 3.8) is 0 Å². The van der Waals surface area contributed by atoms with E-state index in [1.54, 1.807) is 12.1 Å². The average molecular weight is 502 g/mol. The maximum atomic E-state index is 11.7. The Morgan fingerprint density at radius 2 is 1.28 bits per heavy atom. The zero-order valence-corrected chi connectivity index (χ0v) is 22.1. The predicted molar refractivity (Wildman–Crippen MR) is 123 cm³/mol. The summed E-state index contributed by atoms with van der Waals surface area (Å²) >= 11 is 0. The van der Waals surface area contributed by atoms with E-state index in [1.165, 1.54) is 16.7 Å². The Morgan fingerprint density at radius 1 is 0.793 bits per heavy atom. The van der Waals surface area contributed by atoms with Crippen LogP contribution >= 0.6 is 24.2 Å². The van der Waals surface area contributed by atoms with Crippen molar-refractivity contribution in [2.45, 2.75) is 24.7 Å². The molecule has 3 aromatic carbocycles. The van der Waals surface area contributed by atoms with Gasteiger partial charge in [-0.25, -0.2) is 8.42 Å². The van der Waals surface area contributed by atoms with Crippen LogP contribution in [-0.2, 0) is 10.1 Å². The van der Waals surface area contributed by atoms with Gasteiger partial charge < -0.3 is 4.55 Å². The van der Waals surface area contributed by atoms with Gasteiger partial charge in [0.05, 0.1) is 11.1 Å². The third-order valence-corrected chi connectivity index (χ3v) is 10.1. The molecule has 3 rings (SSSR count). The summed E-state index contributed by atoms with van der Waals surface area (Å²) in [6.07, 6.45) is 2.99. The molecule has 7 heteroatoms. The van der Waals surface area contributed by atoms with Gasteiger partial charge >= 0.3 is 29.6 Å². The molecular weight excluding hydrogens is 478 g/mol. The fraction of sp³-hybridized carbons (Fsp3) is 0.182. The first-order valence-corrected chi connectivity index (χ1v) is 12.4. The molecule has 0 saturated heterocycles. The number of hydrogen-bond acceptors (Lipinski definition) is 3. The fourth-order valence-electron chi connectivity index (χ4n) is 3.47. The van der Waals surface area contributed by atoms with Gasteiger partial charge in [0.1, 0.15) is 33.3 Å². The average Bonchev–Trinajstić information content (AvgIpc) is 2.70. The van der Waals surface area contributed by atoms with Gasteiger partial charge in [0.25, 0.3) is 0 Å². The zero-order chi connectivity index (χ0) is 19.3. The summed E-state index contributed by atoms with van der Waals surface area (Å²) in [5, 5.41) is 3.33. The first kappa shape index (κ1) is 26.5. The topological polar surface area (TPSA) is 57.2 Å². The minimum absolute atomic E-state index is 0. The molecular formula is C22H24BrNaO3PS+. The second kappa shape index (κ2) is 11.8. The summed E-state index contributed by atoms with van der Waals surface area (Å²) in [5.41, 5.74) is 0. The minimum Gasteiger partial charge on any atom is -0.744 e. The Hall–Kier alpha value is -0.520. The molecule has 0 fully saturated rings. The summed E-state index contributed by atoms with van der Waals surface area (Å²) in [7, 11) is -6.57. The molecule has 0 unspecified atom stereocenters. The van der Waals surface area contributed by atoms with E-state index < -0.39 is 17.4 Å².